The monoisotopic (exact) mass is 706 g/mol. The summed E-state index contributed by atoms with van der Waals surface area (Å²) >= 11 is 0. The fraction of sp³-hybridized carbons (Fsp3) is 0.619. The number of carbonyl (C=O) groups is 2. The van der Waals surface area contributed by atoms with E-state index in [0.29, 0.717) is 13.2 Å². The third kappa shape index (κ3) is 10.6. The third-order valence-electron chi connectivity index (χ3n) is 10.8. The van der Waals surface area contributed by atoms with Gasteiger partial charge in [-0.3, -0.25) is 4.79 Å². The summed E-state index contributed by atoms with van der Waals surface area (Å²) in [6, 6.07) is 19.7. The van der Waals surface area contributed by atoms with Gasteiger partial charge in [0.15, 0.2) is 14.4 Å². The molecule has 0 saturated carbocycles. The predicted molar refractivity (Wildman–Crippen MR) is 201 cm³/mol. The standard InChI is InChI=1S/C42H62O7Si/c1-30(31(2)27-37(43)48-38(32-18-13-11-14-19-32)33-20-15-12-16-21-33)26-34-23-24-36-42(49-34,29-46-50(9,10)41(6,7)8)28-35(47-36)22-17-25-45-39(44)40(3,4)5/h11-16,18-21,27,30,34-36,38H,17,22-26,28-29H2,1-10H3/b31-27+/t30-,34-,35+,36+,42-/m1/s1. The molecule has 0 bridgehead atoms. The molecule has 2 fully saturated rings. The van der Waals surface area contributed by atoms with Gasteiger partial charge in [0.1, 0.15) is 5.60 Å². The van der Waals surface area contributed by atoms with E-state index in [0.717, 1.165) is 55.2 Å². The molecule has 0 radical (unpaired) electrons. The fourth-order valence-electron chi connectivity index (χ4n) is 6.48. The Morgan fingerprint density at radius 1 is 0.940 bits per heavy atom. The van der Waals surface area contributed by atoms with E-state index in [9.17, 15) is 9.59 Å². The van der Waals surface area contributed by atoms with Crippen molar-refractivity contribution in [1.82, 2.24) is 0 Å². The van der Waals surface area contributed by atoms with Crippen LogP contribution in [0.5, 0.6) is 0 Å². The quantitative estimate of drug-likeness (QED) is 0.0838. The molecule has 7 nitrogen and oxygen atoms in total. The predicted octanol–water partition coefficient (Wildman–Crippen LogP) is 9.76. The van der Waals surface area contributed by atoms with Gasteiger partial charge in [-0.05, 0) is 95.0 Å². The smallest absolute Gasteiger partial charge is 0.331 e. The van der Waals surface area contributed by atoms with Gasteiger partial charge in [0, 0.05) is 12.5 Å². The summed E-state index contributed by atoms with van der Waals surface area (Å²) in [6.45, 7) is 22.0. The summed E-state index contributed by atoms with van der Waals surface area (Å²) in [7, 11) is -2.04. The number of hydrogen-bond acceptors (Lipinski definition) is 7. The average molecular weight is 707 g/mol. The van der Waals surface area contributed by atoms with Crippen molar-refractivity contribution in [2.45, 2.75) is 142 Å². The van der Waals surface area contributed by atoms with Crippen LogP contribution in [0.25, 0.3) is 0 Å². The summed E-state index contributed by atoms with van der Waals surface area (Å²) in [5.41, 5.74) is 1.80. The van der Waals surface area contributed by atoms with E-state index in [2.05, 4.69) is 40.8 Å². The van der Waals surface area contributed by atoms with Gasteiger partial charge in [0.2, 0.25) is 0 Å². The van der Waals surface area contributed by atoms with Gasteiger partial charge < -0.3 is 23.4 Å². The fourth-order valence-corrected chi connectivity index (χ4v) is 7.52. The molecule has 276 valence electrons. The second-order valence-electron chi connectivity index (χ2n) is 17.1. The third-order valence-corrected chi connectivity index (χ3v) is 15.3. The number of benzene rings is 2. The molecule has 50 heavy (non-hydrogen) atoms. The van der Waals surface area contributed by atoms with Crippen LogP contribution in [0.15, 0.2) is 72.3 Å². The first kappa shape index (κ1) is 40.0. The molecule has 0 spiro atoms. The van der Waals surface area contributed by atoms with Gasteiger partial charge >= 0.3 is 11.9 Å². The highest BCUT2D eigenvalue weighted by atomic mass is 28.4. The molecule has 8 heteroatoms. The van der Waals surface area contributed by atoms with Crippen molar-refractivity contribution in [3.05, 3.63) is 83.4 Å². The Morgan fingerprint density at radius 2 is 1.54 bits per heavy atom. The maximum absolute atomic E-state index is 13.3. The van der Waals surface area contributed by atoms with Crippen molar-refractivity contribution in [2.24, 2.45) is 11.3 Å². The van der Waals surface area contributed by atoms with Gasteiger partial charge in [0.05, 0.1) is 36.9 Å². The highest BCUT2D eigenvalue weighted by Crippen LogP contribution is 2.46. The summed E-state index contributed by atoms with van der Waals surface area (Å²) in [5.74, 6) is -0.413. The van der Waals surface area contributed by atoms with Crippen LogP contribution in [0.1, 0.15) is 111 Å². The molecule has 4 rings (SSSR count). The number of esters is 2. The zero-order valence-electron chi connectivity index (χ0n) is 32.3. The zero-order valence-corrected chi connectivity index (χ0v) is 33.3. The lowest BCUT2D eigenvalue weighted by Crippen LogP contribution is -2.55. The van der Waals surface area contributed by atoms with Gasteiger partial charge in [-0.1, -0.05) is 93.9 Å². The molecule has 2 aliphatic rings. The number of allylic oxidation sites excluding steroid dienone is 1. The van der Waals surface area contributed by atoms with E-state index in [1.807, 2.05) is 88.4 Å². The normalized spacial score (nSPS) is 23.7. The van der Waals surface area contributed by atoms with Crippen LogP contribution in [0.4, 0.5) is 0 Å². The maximum Gasteiger partial charge on any atom is 0.331 e. The SMILES string of the molecule is C/C(=C\C(=O)OC(c1ccccc1)c1ccccc1)[C@H](C)C[C@H]1CC[C@@H]2O[C@@H](CCCOC(=O)C(C)(C)C)C[C@]2(CO[Si](C)(C)C(C)(C)C)O1. The minimum Gasteiger partial charge on any atom is -0.465 e. The Hall–Kier alpha value is -2.78. The van der Waals surface area contributed by atoms with Crippen molar-refractivity contribution in [3.8, 4) is 0 Å². The van der Waals surface area contributed by atoms with E-state index >= 15 is 0 Å². The molecule has 0 aromatic heterocycles. The van der Waals surface area contributed by atoms with Crippen molar-refractivity contribution in [1.29, 1.82) is 0 Å². The zero-order chi connectivity index (χ0) is 36.7. The van der Waals surface area contributed by atoms with Crippen LogP contribution in [-0.4, -0.2) is 57.4 Å². The van der Waals surface area contributed by atoms with Crippen LogP contribution in [0.3, 0.4) is 0 Å². The molecule has 2 aliphatic heterocycles. The Kier molecular flexibility index (Phi) is 13.4. The van der Waals surface area contributed by atoms with Crippen LogP contribution in [0.2, 0.25) is 18.1 Å². The molecule has 0 amide bonds. The average Bonchev–Trinajstić information content (AvgIpc) is 3.42. The molecule has 2 aromatic rings. The highest BCUT2D eigenvalue weighted by molar-refractivity contribution is 6.74. The number of carbonyl (C=O) groups excluding carboxylic acids is 2. The molecule has 0 unspecified atom stereocenters. The summed E-state index contributed by atoms with van der Waals surface area (Å²) in [6.07, 6.45) is 6.03. The van der Waals surface area contributed by atoms with Gasteiger partial charge in [-0.15, -0.1) is 0 Å². The Morgan fingerprint density at radius 3 is 2.10 bits per heavy atom. The number of ether oxygens (including phenoxy) is 4. The number of rotatable bonds is 14. The van der Waals surface area contributed by atoms with Gasteiger partial charge in [-0.2, -0.15) is 0 Å². The lowest BCUT2D eigenvalue weighted by atomic mass is 9.84. The van der Waals surface area contributed by atoms with E-state index in [-0.39, 0.29) is 41.2 Å². The highest BCUT2D eigenvalue weighted by Gasteiger charge is 2.54. The second kappa shape index (κ2) is 16.7. The van der Waals surface area contributed by atoms with Crippen molar-refractivity contribution >= 4 is 20.3 Å². The lowest BCUT2D eigenvalue weighted by Gasteiger charge is -2.45. The molecule has 0 N–H and O–H groups in total. The lowest BCUT2D eigenvalue weighted by molar-refractivity contribution is -0.183. The van der Waals surface area contributed by atoms with E-state index in [4.69, 9.17) is 23.4 Å². The number of fused-ring (bicyclic) bond motifs is 1. The summed E-state index contributed by atoms with van der Waals surface area (Å²) in [5, 5.41) is 0.0774. The molecular weight excluding hydrogens is 645 g/mol. The van der Waals surface area contributed by atoms with Crippen molar-refractivity contribution in [3.63, 3.8) is 0 Å². The van der Waals surface area contributed by atoms with E-state index in [1.165, 1.54) is 0 Å². The minimum atomic E-state index is -2.04. The first-order chi connectivity index (χ1) is 23.4. The van der Waals surface area contributed by atoms with Gasteiger partial charge in [0.25, 0.3) is 0 Å². The summed E-state index contributed by atoms with van der Waals surface area (Å²) < 4.78 is 32.2. The van der Waals surface area contributed by atoms with Crippen LogP contribution in [-0.2, 0) is 33.0 Å². The Bertz CT molecular complexity index is 1390. The molecule has 2 aromatic carbocycles. The largest absolute Gasteiger partial charge is 0.465 e. The topological polar surface area (TPSA) is 80.3 Å². The maximum atomic E-state index is 13.3. The summed E-state index contributed by atoms with van der Waals surface area (Å²) in [4.78, 5) is 25.6. The molecule has 2 saturated heterocycles. The Balaban J connectivity index is 1.42. The van der Waals surface area contributed by atoms with Crippen LogP contribution < -0.4 is 0 Å². The first-order valence-electron chi connectivity index (χ1n) is 18.5. The minimum absolute atomic E-state index is 0.0140. The van der Waals surface area contributed by atoms with Crippen LogP contribution in [0, 0.1) is 11.3 Å². The van der Waals surface area contributed by atoms with E-state index in [1.54, 1.807) is 6.08 Å². The molecular formula is C42H62O7Si. The van der Waals surface area contributed by atoms with Gasteiger partial charge in [-0.25, -0.2) is 4.79 Å². The molecule has 2 heterocycles. The first-order valence-corrected chi connectivity index (χ1v) is 21.4. The molecule has 0 aliphatic carbocycles. The van der Waals surface area contributed by atoms with Crippen LogP contribution >= 0.6 is 0 Å². The Labute approximate surface area is 302 Å². The van der Waals surface area contributed by atoms with Crippen molar-refractivity contribution < 1.29 is 33.0 Å². The second-order valence-corrected chi connectivity index (χ2v) is 21.9. The number of hydrogen-bond donors (Lipinski definition) is 0. The van der Waals surface area contributed by atoms with Crippen molar-refractivity contribution in [2.75, 3.05) is 13.2 Å². The van der Waals surface area contributed by atoms with E-state index < -0.39 is 25.4 Å². The molecule has 5 atom stereocenters.